The summed E-state index contributed by atoms with van der Waals surface area (Å²) >= 11 is 0. The van der Waals surface area contributed by atoms with Gasteiger partial charge in [-0.05, 0) is 12.1 Å². The van der Waals surface area contributed by atoms with Gasteiger partial charge in [0, 0.05) is 6.20 Å². The molecule has 0 saturated carbocycles. The third-order valence-electron chi connectivity index (χ3n) is 1.07. The average Bonchev–Trinajstić information content (AvgIpc) is 2.04. The molecule has 0 radical (unpaired) electrons. The van der Waals surface area contributed by atoms with E-state index in [0.717, 1.165) is 0 Å². The Morgan fingerprint density at radius 3 is 3.00 bits per heavy atom. The van der Waals surface area contributed by atoms with Gasteiger partial charge in [-0.15, -0.1) is 0 Å². The third kappa shape index (κ3) is 1.00. The predicted molar refractivity (Wildman–Crippen MR) is 34.3 cm³/mol. The molecule has 0 aliphatic rings. The Kier molecular flexibility index (Phi) is 1.76. The fraction of sp³-hybridized carbons (Fsp3) is 0. The Bertz CT molecular complexity index is 288. The Morgan fingerprint density at radius 2 is 2.50 bits per heavy atom. The van der Waals surface area contributed by atoms with Crippen LogP contribution >= 0.6 is 0 Å². The summed E-state index contributed by atoms with van der Waals surface area (Å²) in [6.45, 7) is 0. The molecule has 1 rings (SSSR count). The van der Waals surface area contributed by atoms with Crippen molar-refractivity contribution in [3.8, 4) is 6.07 Å². The van der Waals surface area contributed by atoms with Gasteiger partial charge in [0.1, 0.15) is 6.07 Å². The summed E-state index contributed by atoms with van der Waals surface area (Å²) in [6, 6.07) is 4.97. The van der Waals surface area contributed by atoms with Crippen molar-refractivity contribution in [1.82, 2.24) is 4.98 Å². The van der Waals surface area contributed by atoms with E-state index in [2.05, 4.69) is 4.98 Å². The Labute approximate surface area is 57.9 Å². The van der Waals surface area contributed by atoms with Crippen LogP contribution in [0.1, 0.15) is 16.1 Å². The Hall–Kier alpha value is -1.69. The van der Waals surface area contributed by atoms with Crippen LogP contribution in [-0.2, 0) is 0 Å². The first-order chi connectivity index (χ1) is 4.88. The predicted octanol–water partition coefficient (Wildman–Crippen LogP) is 0.766. The molecule has 48 valence electrons. The monoisotopic (exact) mass is 132 g/mol. The van der Waals surface area contributed by atoms with Gasteiger partial charge in [0.15, 0.2) is 12.0 Å². The van der Waals surface area contributed by atoms with Crippen molar-refractivity contribution in [2.75, 3.05) is 0 Å². The maximum atomic E-state index is 10.2. The zero-order valence-corrected chi connectivity index (χ0v) is 5.11. The summed E-state index contributed by atoms with van der Waals surface area (Å²) in [7, 11) is 0. The van der Waals surface area contributed by atoms with Crippen molar-refractivity contribution >= 4 is 6.29 Å². The summed E-state index contributed by atoms with van der Waals surface area (Å²) in [5.41, 5.74) is 0.516. The molecular weight excluding hydrogens is 128 g/mol. The number of pyridine rings is 1. The molecule has 0 amide bonds. The standard InChI is InChI=1S/C7H4N2O/c8-4-7-6(5-10)2-1-3-9-7/h1-3,5H. The summed E-state index contributed by atoms with van der Waals surface area (Å²) in [5.74, 6) is 0. The van der Waals surface area contributed by atoms with Crippen molar-refractivity contribution in [2.45, 2.75) is 0 Å². The van der Waals surface area contributed by atoms with E-state index in [4.69, 9.17) is 5.26 Å². The highest BCUT2D eigenvalue weighted by molar-refractivity contribution is 5.77. The van der Waals surface area contributed by atoms with Crippen LogP contribution in [0.2, 0.25) is 0 Å². The third-order valence-corrected chi connectivity index (χ3v) is 1.07. The van der Waals surface area contributed by atoms with Crippen LogP contribution < -0.4 is 0 Å². The van der Waals surface area contributed by atoms with E-state index in [9.17, 15) is 4.79 Å². The second-order valence-electron chi connectivity index (χ2n) is 1.67. The molecule has 0 saturated heterocycles. The summed E-state index contributed by atoms with van der Waals surface area (Å²) in [5, 5.41) is 8.38. The van der Waals surface area contributed by atoms with Gasteiger partial charge in [-0.1, -0.05) is 0 Å². The largest absolute Gasteiger partial charge is 0.298 e. The first-order valence-corrected chi connectivity index (χ1v) is 2.69. The van der Waals surface area contributed by atoms with Gasteiger partial charge in [-0.25, -0.2) is 4.98 Å². The van der Waals surface area contributed by atoms with Crippen molar-refractivity contribution in [3.63, 3.8) is 0 Å². The smallest absolute Gasteiger partial charge is 0.152 e. The number of rotatable bonds is 1. The van der Waals surface area contributed by atoms with Crippen molar-refractivity contribution in [1.29, 1.82) is 5.26 Å². The van der Waals surface area contributed by atoms with Crippen molar-refractivity contribution < 1.29 is 4.79 Å². The number of aldehydes is 1. The van der Waals surface area contributed by atoms with Crippen LogP contribution in [0, 0.1) is 11.3 Å². The van der Waals surface area contributed by atoms with Gasteiger partial charge in [0.2, 0.25) is 0 Å². The highest BCUT2D eigenvalue weighted by Gasteiger charge is 1.97. The number of nitriles is 1. The van der Waals surface area contributed by atoms with E-state index in [-0.39, 0.29) is 5.69 Å². The van der Waals surface area contributed by atoms with Gasteiger partial charge < -0.3 is 0 Å². The lowest BCUT2D eigenvalue weighted by Crippen LogP contribution is -1.88. The molecular formula is C7H4N2O. The van der Waals surface area contributed by atoms with E-state index in [0.29, 0.717) is 11.8 Å². The number of aromatic nitrogens is 1. The lowest BCUT2D eigenvalue weighted by molar-refractivity contribution is 0.112. The minimum absolute atomic E-state index is 0.178. The van der Waals surface area contributed by atoms with E-state index < -0.39 is 0 Å². The lowest BCUT2D eigenvalue weighted by atomic mass is 10.2. The van der Waals surface area contributed by atoms with Gasteiger partial charge in [-0.3, -0.25) is 4.79 Å². The molecule has 10 heavy (non-hydrogen) atoms. The van der Waals surface area contributed by atoms with E-state index in [1.54, 1.807) is 18.2 Å². The molecule has 0 aromatic carbocycles. The lowest BCUT2D eigenvalue weighted by Gasteiger charge is -1.88. The number of nitrogens with zero attached hydrogens (tertiary/aromatic N) is 2. The summed E-state index contributed by atoms with van der Waals surface area (Å²) in [6.07, 6.45) is 2.09. The number of hydrogen-bond acceptors (Lipinski definition) is 3. The van der Waals surface area contributed by atoms with E-state index in [1.807, 2.05) is 0 Å². The fourth-order valence-electron chi connectivity index (χ4n) is 0.606. The molecule has 0 N–H and O–H groups in total. The van der Waals surface area contributed by atoms with E-state index in [1.165, 1.54) is 6.20 Å². The summed E-state index contributed by atoms with van der Waals surface area (Å²) < 4.78 is 0. The quantitative estimate of drug-likeness (QED) is 0.530. The van der Waals surface area contributed by atoms with Crippen molar-refractivity contribution in [3.05, 3.63) is 29.6 Å². The highest BCUT2D eigenvalue weighted by atomic mass is 16.1. The Morgan fingerprint density at radius 1 is 1.70 bits per heavy atom. The van der Waals surface area contributed by atoms with Gasteiger partial charge in [-0.2, -0.15) is 5.26 Å². The average molecular weight is 132 g/mol. The highest BCUT2D eigenvalue weighted by Crippen LogP contribution is 1.98. The molecule has 0 aliphatic carbocycles. The SMILES string of the molecule is N#Cc1ncccc1C=O. The molecule has 1 aromatic rings. The van der Waals surface area contributed by atoms with E-state index >= 15 is 0 Å². The van der Waals surface area contributed by atoms with Crippen LogP contribution in [0.15, 0.2) is 18.3 Å². The molecule has 3 heteroatoms. The van der Waals surface area contributed by atoms with Crippen LogP contribution in [0.4, 0.5) is 0 Å². The first kappa shape index (κ1) is 6.43. The molecule has 1 aromatic heterocycles. The maximum Gasteiger partial charge on any atom is 0.152 e. The molecule has 0 atom stereocenters. The normalized spacial score (nSPS) is 8.30. The van der Waals surface area contributed by atoms with Crippen LogP contribution in [0.5, 0.6) is 0 Å². The molecule has 0 fully saturated rings. The van der Waals surface area contributed by atoms with Gasteiger partial charge >= 0.3 is 0 Å². The number of carbonyl (C=O) groups excluding carboxylic acids is 1. The van der Waals surface area contributed by atoms with Crippen LogP contribution in [-0.4, -0.2) is 11.3 Å². The zero-order chi connectivity index (χ0) is 7.40. The van der Waals surface area contributed by atoms with Gasteiger partial charge in [0.05, 0.1) is 5.56 Å². The minimum Gasteiger partial charge on any atom is -0.298 e. The molecule has 0 aliphatic heterocycles. The molecule has 1 heterocycles. The maximum absolute atomic E-state index is 10.2. The molecule has 0 unspecified atom stereocenters. The van der Waals surface area contributed by atoms with Crippen LogP contribution in [0.25, 0.3) is 0 Å². The number of hydrogen-bond donors (Lipinski definition) is 0. The minimum atomic E-state index is 0.178. The fourth-order valence-corrected chi connectivity index (χ4v) is 0.606. The molecule has 0 bridgehead atoms. The second-order valence-corrected chi connectivity index (χ2v) is 1.67. The summed E-state index contributed by atoms with van der Waals surface area (Å²) in [4.78, 5) is 13.9. The zero-order valence-electron chi connectivity index (χ0n) is 5.11. The van der Waals surface area contributed by atoms with Crippen LogP contribution in [0.3, 0.4) is 0 Å². The number of carbonyl (C=O) groups is 1. The molecule has 0 spiro atoms. The Balaban J connectivity index is 3.24. The topological polar surface area (TPSA) is 53.8 Å². The second kappa shape index (κ2) is 2.74. The van der Waals surface area contributed by atoms with Gasteiger partial charge in [0.25, 0.3) is 0 Å². The molecule has 3 nitrogen and oxygen atoms in total. The first-order valence-electron chi connectivity index (χ1n) is 2.69. The van der Waals surface area contributed by atoms with Crippen molar-refractivity contribution in [2.24, 2.45) is 0 Å².